The zero-order chi connectivity index (χ0) is 24.1. The molecule has 6 heteroatoms. The third-order valence-electron chi connectivity index (χ3n) is 5.86. The van der Waals surface area contributed by atoms with Crippen molar-refractivity contribution >= 4 is 17.3 Å². The van der Waals surface area contributed by atoms with Crippen LogP contribution in [0, 0.1) is 27.0 Å². The highest BCUT2D eigenvalue weighted by Gasteiger charge is 2.19. The first-order chi connectivity index (χ1) is 16.5. The molecule has 2 heterocycles. The van der Waals surface area contributed by atoms with Crippen LogP contribution in [0.25, 0.3) is 20.8 Å². The summed E-state index contributed by atoms with van der Waals surface area (Å²) < 4.78 is 2.16. The molecule has 1 N–H and O–H groups in total. The van der Waals surface area contributed by atoms with Crippen LogP contribution in [0.3, 0.4) is 0 Å². The van der Waals surface area contributed by atoms with E-state index in [1.807, 2.05) is 50.2 Å². The Balaban J connectivity index is 1.51. The fraction of sp³-hybridized carbons (Fsp3) is 0.143. The Morgan fingerprint density at radius 3 is 2.24 bits per heavy atom. The van der Waals surface area contributed by atoms with Gasteiger partial charge in [0.1, 0.15) is 5.69 Å². The average molecular weight is 446 g/mol. The Bertz CT molecular complexity index is 1400. The number of aromatic nitrogens is 2. The number of nitrogens with one attached hydrogen (secondary N) is 1. The summed E-state index contributed by atoms with van der Waals surface area (Å²) in [5, 5.41) is 2.89. The first-order valence-electron chi connectivity index (χ1n) is 10.8. The molecule has 4 rings (SSSR count). The SMILES string of the molecule is [C-]#[N+]c1ccc(-c2c([N+]#[C-])c(C)n(Cc3ccc(CNC(=O)c4ccccn4)cc3)c2C)cc1. The van der Waals surface area contributed by atoms with Crippen LogP contribution in [0.5, 0.6) is 0 Å². The Morgan fingerprint density at radius 1 is 0.912 bits per heavy atom. The molecule has 0 radical (unpaired) electrons. The second kappa shape index (κ2) is 9.85. The van der Waals surface area contributed by atoms with E-state index in [-0.39, 0.29) is 5.91 Å². The van der Waals surface area contributed by atoms with Gasteiger partial charge in [-0.3, -0.25) is 9.78 Å². The van der Waals surface area contributed by atoms with E-state index in [1.165, 1.54) is 0 Å². The molecule has 0 fully saturated rings. The van der Waals surface area contributed by atoms with E-state index in [1.54, 1.807) is 36.5 Å². The zero-order valence-electron chi connectivity index (χ0n) is 19.0. The summed E-state index contributed by atoms with van der Waals surface area (Å²) in [5.74, 6) is -0.202. The molecule has 166 valence electrons. The topological polar surface area (TPSA) is 55.6 Å². The van der Waals surface area contributed by atoms with Crippen LogP contribution < -0.4 is 5.32 Å². The van der Waals surface area contributed by atoms with E-state index < -0.39 is 0 Å². The molecule has 6 nitrogen and oxygen atoms in total. The minimum absolute atomic E-state index is 0.202. The quantitative estimate of drug-likeness (QED) is 0.357. The van der Waals surface area contributed by atoms with Gasteiger partial charge in [0, 0.05) is 36.2 Å². The lowest BCUT2D eigenvalue weighted by Crippen LogP contribution is -2.23. The molecule has 1 amide bonds. The van der Waals surface area contributed by atoms with Gasteiger partial charge in [-0.05, 0) is 42.7 Å². The third kappa shape index (κ3) is 4.57. The largest absolute Gasteiger partial charge is 0.355 e. The van der Waals surface area contributed by atoms with Crippen LogP contribution in [-0.4, -0.2) is 15.5 Å². The van der Waals surface area contributed by atoms with Crippen molar-refractivity contribution in [1.82, 2.24) is 14.9 Å². The molecule has 0 unspecified atom stereocenters. The van der Waals surface area contributed by atoms with E-state index in [0.29, 0.717) is 30.2 Å². The molecule has 34 heavy (non-hydrogen) atoms. The lowest BCUT2D eigenvalue weighted by molar-refractivity contribution is 0.0946. The Labute approximate surface area is 199 Å². The van der Waals surface area contributed by atoms with E-state index in [2.05, 4.69) is 24.6 Å². The Kier molecular flexibility index (Phi) is 6.52. The molecule has 0 aliphatic rings. The van der Waals surface area contributed by atoms with E-state index in [4.69, 9.17) is 13.1 Å². The molecule has 0 aliphatic heterocycles. The van der Waals surface area contributed by atoms with E-state index in [9.17, 15) is 4.79 Å². The molecule has 0 atom stereocenters. The van der Waals surface area contributed by atoms with E-state index in [0.717, 1.165) is 33.6 Å². The maximum atomic E-state index is 12.2. The van der Waals surface area contributed by atoms with Gasteiger partial charge in [-0.1, -0.05) is 54.6 Å². The van der Waals surface area contributed by atoms with Crippen molar-refractivity contribution in [2.24, 2.45) is 0 Å². The minimum Gasteiger partial charge on any atom is -0.355 e. The number of amides is 1. The molecule has 0 bridgehead atoms. The summed E-state index contributed by atoms with van der Waals surface area (Å²) in [6, 6.07) is 20.7. The van der Waals surface area contributed by atoms with Gasteiger partial charge in [0.25, 0.3) is 5.91 Å². The van der Waals surface area contributed by atoms with Gasteiger partial charge in [0.05, 0.1) is 13.1 Å². The van der Waals surface area contributed by atoms with Crippen LogP contribution in [0.15, 0.2) is 72.9 Å². The lowest BCUT2D eigenvalue weighted by Gasteiger charge is -2.12. The summed E-state index contributed by atoms with van der Waals surface area (Å²) in [6.45, 7) is 20.0. The van der Waals surface area contributed by atoms with Gasteiger partial charge in [0.2, 0.25) is 5.69 Å². The summed E-state index contributed by atoms with van der Waals surface area (Å²) in [4.78, 5) is 23.5. The molecule has 4 aromatic rings. The molecule has 0 saturated carbocycles. The molecular weight excluding hydrogens is 422 g/mol. The molecule has 0 spiro atoms. The van der Waals surface area contributed by atoms with Crippen LogP contribution in [-0.2, 0) is 13.1 Å². The van der Waals surface area contributed by atoms with Gasteiger partial charge in [-0.25, -0.2) is 9.69 Å². The molecule has 0 saturated heterocycles. The molecule has 2 aromatic heterocycles. The normalized spacial score (nSPS) is 10.4. The summed E-state index contributed by atoms with van der Waals surface area (Å²) in [7, 11) is 0. The Hall–Kier alpha value is -4.68. The van der Waals surface area contributed by atoms with Gasteiger partial charge in [-0.15, -0.1) is 0 Å². The fourth-order valence-electron chi connectivity index (χ4n) is 4.00. The molecule has 0 aliphatic carbocycles. The van der Waals surface area contributed by atoms with Crippen molar-refractivity contribution < 1.29 is 4.79 Å². The maximum absolute atomic E-state index is 12.2. The van der Waals surface area contributed by atoms with Gasteiger partial charge >= 0.3 is 0 Å². The van der Waals surface area contributed by atoms with Crippen LogP contribution >= 0.6 is 0 Å². The van der Waals surface area contributed by atoms with Crippen molar-refractivity contribution in [1.29, 1.82) is 0 Å². The van der Waals surface area contributed by atoms with Crippen LogP contribution in [0.1, 0.15) is 33.0 Å². The summed E-state index contributed by atoms with van der Waals surface area (Å²) >= 11 is 0. The number of carbonyl (C=O) groups excluding carboxylic acids is 1. The number of hydrogen-bond acceptors (Lipinski definition) is 2. The summed E-state index contributed by atoms with van der Waals surface area (Å²) in [6.07, 6.45) is 1.60. The summed E-state index contributed by atoms with van der Waals surface area (Å²) in [5.41, 5.74) is 7.51. The van der Waals surface area contributed by atoms with Crippen molar-refractivity contribution in [2.45, 2.75) is 26.9 Å². The standard InChI is InChI=1S/C28H23N5O/c1-19-26(23-12-14-24(29-3)15-13-23)27(30-4)20(2)33(19)18-22-10-8-21(9-11-22)17-32-28(34)25-7-5-6-16-31-25/h5-16H,17-18H2,1-2H3,(H,32,34). The molecule has 2 aromatic carbocycles. The minimum atomic E-state index is -0.202. The Morgan fingerprint density at radius 2 is 1.62 bits per heavy atom. The van der Waals surface area contributed by atoms with Crippen LogP contribution in [0.2, 0.25) is 0 Å². The van der Waals surface area contributed by atoms with Gasteiger partial charge in [-0.2, -0.15) is 0 Å². The fourth-order valence-corrected chi connectivity index (χ4v) is 4.00. The number of carbonyl (C=O) groups is 1. The smallest absolute Gasteiger partial charge is 0.270 e. The predicted octanol–water partition coefficient (Wildman–Crippen LogP) is 6.25. The van der Waals surface area contributed by atoms with Crippen molar-refractivity contribution in [3.05, 3.63) is 124 Å². The number of rotatable bonds is 6. The maximum Gasteiger partial charge on any atom is 0.270 e. The van der Waals surface area contributed by atoms with Crippen molar-refractivity contribution in [3.63, 3.8) is 0 Å². The number of hydrogen-bond donors (Lipinski definition) is 1. The van der Waals surface area contributed by atoms with Gasteiger partial charge in [0.15, 0.2) is 5.69 Å². The lowest BCUT2D eigenvalue weighted by atomic mass is 10.0. The van der Waals surface area contributed by atoms with Gasteiger partial charge < -0.3 is 9.88 Å². The first kappa shape index (κ1) is 22.5. The second-order valence-corrected chi connectivity index (χ2v) is 7.97. The van der Waals surface area contributed by atoms with Crippen molar-refractivity contribution in [3.8, 4) is 11.1 Å². The first-order valence-corrected chi connectivity index (χ1v) is 10.8. The highest BCUT2D eigenvalue weighted by atomic mass is 16.1. The van der Waals surface area contributed by atoms with E-state index >= 15 is 0 Å². The average Bonchev–Trinajstić information content (AvgIpc) is 3.12. The number of benzene rings is 2. The monoisotopic (exact) mass is 445 g/mol. The number of nitrogens with zero attached hydrogens (tertiary/aromatic N) is 4. The van der Waals surface area contributed by atoms with Crippen LogP contribution in [0.4, 0.5) is 11.4 Å². The highest BCUT2D eigenvalue weighted by Crippen LogP contribution is 2.39. The highest BCUT2D eigenvalue weighted by molar-refractivity contribution is 5.92. The predicted molar refractivity (Wildman–Crippen MR) is 133 cm³/mol. The third-order valence-corrected chi connectivity index (χ3v) is 5.86. The number of pyridine rings is 1. The second-order valence-electron chi connectivity index (χ2n) is 7.97. The molecular formula is C28H23N5O. The zero-order valence-corrected chi connectivity index (χ0v) is 19.0. The van der Waals surface area contributed by atoms with Crippen molar-refractivity contribution in [2.75, 3.05) is 0 Å².